The van der Waals surface area contributed by atoms with Crippen molar-refractivity contribution in [2.75, 3.05) is 0 Å². The van der Waals surface area contributed by atoms with Crippen LogP contribution in [0.3, 0.4) is 0 Å². The molecule has 0 aromatic heterocycles. The summed E-state index contributed by atoms with van der Waals surface area (Å²) in [6, 6.07) is 0. The molecule has 0 aromatic rings. The molecule has 8 heteroatoms. The molecule has 0 amide bonds. The van der Waals surface area contributed by atoms with E-state index in [0.29, 0.717) is 0 Å². The topological polar surface area (TPSA) is 162 Å². The van der Waals surface area contributed by atoms with Crippen LogP contribution < -0.4 is 0 Å². The minimum atomic E-state index is -1.74. The van der Waals surface area contributed by atoms with E-state index in [1.165, 1.54) is 0 Å². The van der Waals surface area contributed by atoms with Gasteiger partial charge in [0.15, 0.2) is 0 Å². The van der Waals surface area contributed by atoms with Crippen molar-refractivity contribution in [3.05, 3.63) is 0 Å². The fraction of sp³-hybridized carbons (Fsp3) is 1.00. The molecule has 114 valence electrons. The molecule has 0 saturated heterocycles. The van der Waals surface area contributed by atoms with Crippen LogP contribution in [0.4, 0.5) is 0 Å². The Morgan fingerprint density at radius 1 is 0.421 bits per heavy atom. The molecule has 0 aromatic carbocycles. The van der Waals surface area contributed by atoms with Crippen molar-refractivity contribution in [3.8, 4) is 0 Å². The third-order valence-electron chi connectivity index (χ3n) is 3.44. The van der Waals surface area contributed by atoms with Gasteiger partial charge in [0.05, 0.1) is 30.5 Å². The number of rotatable bonds is 0. The summed E-state index contributed by atoms with van der Waals surface area (Å²) in [6.07, 6.45) is -13.5. The lowest BCUT2D eigenvalue weighted by Crippen LogP contribution is -2.47. The zero-order chi connectivity index (χ0) is 14.7. The van der Waals surface area contributed by atoms with Crippen LogP contribution in [0, 0.1) is 0 Å². The Balaban J connectivity index is 2.87. The van der Waals surface area contributed by atoms with Crippen LogP contribution in [0.1, 0.15) is 19.3 Å². The first-order valence-electron chi connectivity index (χ1n) is 6.18. The summed E-state index contributed by atoms with van der Waals surface area (Å²) < 4.78 is 0. The zero-order valence-electron chi connectivity index (χ0n) is 10.3. The highest BCUT2D eigenvalue weighted by Crippen LogP contribution is 2.20. The van der Waals surface area contributed by atoms with Crippen LogP contribution in [-0.4, -0.2) is 89.7 Å². The molecule has 0 radical (unpaired) electrons. The summed E-state index contributed by atoms with van der Waals surface area (Å²) in [6.45, 7) is 0. The standard InChI is InChI=1S/C11H22O8/c12-4-1-5(13)9(17)7(15)3-8(16)11(19)10(18)6(14)2-4/h4-19H,1-3H2. The molecule has 8 nitrogen and oxygen atoms in total. The van der Waals surface area contributed by atoms with Gasteiger partial charge in [0.1, 0.15) is 18.3 Å². The monoisotopic (exact) mass is 282 g/mol. The molecule has 19 heavy (non-hydrogen) atoms. The average Bonchev–Trinajstić information content (AvgIpc) is 2.34. The largest absolute Gasteiger partial charge is 0.393 e. The number of hydrogen-bond acceptors (Lipinski definition) is 8. The van der Waals surface area contributed by atoms with Gasteiger partial charge in [-0.2, -0.15) is 0 Å². The maximum atomic E-state index is 9.59. The molecule has 1 saturated carbocycles. The second-order valence-corrected chi connectivity index (χ2v) is 5.10. The van der Waals surface area contributed by atoms with Crippen molar-refractivity contribution < 1.29 is 40.9 Å². The van der Waals surface area contributed by atoms with E-state index in [0.717, 1.165) is 0 Å². The highest BCUT2D eigenvalue weighted by atomic mass is 16.4. The van der Waals surface area contributed by atoms with E-state index in [-0.39, 0.29) is 12.8 Å². The van der Waals surface area contributed by atoms with Gasteiger partial charge in [-0.05, 0) is 0 Å². The maximum Gasteiger partial charge on any atom is 0.108 e. The van der Waals surface area contributed by atoms with Crippen molar-refractivity contribution in [1.29, 1.82) is 0 Å². The Morgan fingerprint density at radius 3 is 1.21 bits per heavy atom. The molecule has 1 fully saturated rings. The summed E-state index contributed by atoms with van der Waals surface area (Å²) in [4.78, 5) is 0. The first-order valence-corrected chi connectivity index (χ1v) is 6.18. The van der Waals surface area contributed by atoms with Crippen LogP contribution in [0.5, 0.6) is 0 Å². The Kier molecular flexibility index (Phi) is 6.09. The van der Waals surface area contributed by atoms with E-state index in [1.807, 2.05) is 0 Å². The first-order chi connectivity index (χ1) is 8.73. The Morgan fingerprint density at radius 2 is 0.737 bits per heavy atom. The van der Waals surface area contributed by atoms with Crippen LogP contribution in [0.15, 0.2) is 0 Å². The first kappa shape index (κ1) is 16.7. The molecule has 0 spiro atoms. The van der Waals surface area contributed by atoms with E-state index in [2.05, 4.69) is 0 Å². The number of aliphatic hydroxyl groups excluding tert-OH is 8. The molecule has 0 heterocycles. The van der Waals surface area contributed by atoms with Gasteiger partial charge in [0, 0.05) is 19.3 Å². The Labute approximate surface area is 110 Å². The smallest absolute Gasteiger partial charge is 0.108 e. The summed E-state index contributed by atoms with van der Waals surface area (Å²) >= 11 is 0. The normalized spacial score (nSPS) is 50.5. The lowest BCUT2D eigenvalue weighted by Gasteiger charge is -2.28. The summed E-state index contributed by atoms with van der Waals surface area (Å²) in [5.41, 5.74) is 0. The third-order valence-corrected chi connectivity index (χ3v) is 3.44. The number of hydrogen-bond donors (Lipinski definition) is 8. The van der Waals surface area contributed by atoms with Crippen LogP contribution >= 0.6 is 0 Å². The van der Waals surface area contributed by atoms with Gasteiger partial charge in [-0.1, -0.05) is 0 Å². The summed E-state index contributed by atoms with van der Waals surface area (Å²) in [5.74, 6) is 0. The fourth-order valence-corrected chi connectivity index (χ4v) is 2.17. The molecule has 8 N–H and O–H groups in total. The molecular formula is C11H22O8. The molecule has 1 aliphatic rings. The third kappa shape index (κ3) is 4.33. The van der Waals surface area contributed by atoms with Gasteiger partial charge in [0.25, 0.3) is 0 Å². The maximum absolute atomic E-state index is 9.59. The lowest BCUT2D eigenvalue weighted by atomic mass is 9.96. The number of aliphatic hydroxyl groups is 8. The van der Waals surface area contributed by atoms with Crippen molar-refractivity contribution >= 4 is 0 Å². The Bertz CT molecular complexity index is 275. The quantitative estimate of drug-likeness (QED) is 0.223. The fourth-order valence-electron chi connectivity index (χ4n) is 2.17. The molecule has 8 atom stereocenters. The SMILES string of the molecule is OC1CC(O)C(O)C(O)CC(O)C(O)C(O)C(O)C1. The van der Waals surface area contributed by atoms with Gasteiger partial charge < -0.3 is 40.9 Å². The van der Waals surface area contributed by atoms with E-state index >= 15 is 0 Å². The van der Waals surface area contributed by atoms with Crippen molar-refractivity contribution in [3.63, 3.8) is 0 Å². The van der Waals surface area contributed by atoms with Crippen molar-refractivity contribution in [2.24, 2.45) is 0 Å². The Hall–Kier alpha value is -0.320. The second-order valence-electron chi connectivity index (χ2n) is 5.10. The summed E-state index contributed by atoms with van der Waals surface area (Å²) in [7, 11) is 0. The predicted molar refractivity (Wildman–Crippen MR) is 61.9 cm³/mol. The van der Waals surface area contributed by atoms with E-state index in [1.54, 1.807) is 0 Å². The van der Waals surface area contributed by atoms with Crippen LogP contribution in [0.2, 0.25) is 0 Å². The van der Waals surface area contributed by atoms with Crippen molar-refractivity contribution in [1.82, 2.24) is 0 Å². The minimum absolute atomic E-state index is 0.311. The van der Waals surface area contributed by atoms with Crippen molar-refractivity contribution in [2.45, 2.75) is 68.1 Å². The van der Waals surface area contributed by atoms with E-state index in [4.69, 9.17) is 0 Å². The molecule has 0 aliphatic heterocycles. The van der Waals surface area contributed by atoms with E-state index in [9.17, 15) is 40.9 Å². The van der Waals surface area contributed by atoms with Crippen LogP contribution in [-0.2, 0) is 0 Å². The lowest BCUT2D eigenvalue weighted by molar-refractivity contribution is -0.124. The molecule has 0 bridgehead atoms. The van der Waals surface area contributed by atoms with Gasteiger partial charge in [0.2, 0.25) is 0 Å². The molecular weight excluding hydrogens is 260 g/mol. The molecule has 8 unspecified atom stereocenters. The van der Waals surface area contributed by atoms with Gasteiger partial charge in [-0.15, -0.1) is 0 Å². The zero-order valence-corrected chi connectivity index (χ0v) is 10.3. The van der Waals surface area contributed by atoms with Gasteiger partial charge in [-0.25, -0.2) is 0 Å². The van der Waals surface area contributed by atoms with E-state index < -0.39 is 55.3 Å². The minimum Gasteiger partial charge on any atom is -0.393 e. The van der Waals surface area contributed by atoms with Crippen LogP contribution in [0.25, 0.3) is 0 Å². The predicted octanol–water partition coefficient (Wildman–Crippen LogP) is -3.94. The van der Waals surface area contributed by atoms with Gasteiger partial charge in [-0.3, -0.25) is 0 Å². The summed E-state index contributed by atoms with van der Waals surface area (Å²) in [5, 5.41) is 76.7. The highest BCUT2D eigenvalue weighted by Gasteiger charge is 2.37. The molecule has 1 aliphatic carbocycles. The average molecular weight is 282 g/mol. The molecule has 1 rings (SSSR count). The highest BCUT2D eigenvalue weighted by molar-refractivity contribution is 4.88. The van der Waals surface area contributed by atoms with Gasteiger partial charge >= 0.3 is 0 Å². The second kappa shape index (κ2) is 6.91.